The van der Waals surface area contributed by atoms with E-state index in [0.717, 1.165) is 6.42 Å². The number of para-hydroxylation sites is 1. The molecule has 1 aliphatic heterocycles. The molecule has 1 aliphatic rings. The first-order valence-corrected chi connectivity index (χ1v) is 7.35. The van der Waals surface area contributed by atoms with Gasteiger partial charge in [0, 0.05) is 6.07 Å². The summed E-state index contributed by atoms with van der Waals surface area (Å²) in [5, 5.41) is 20.3. The molecule has 3 rings (SSSR count). The highest BCUT2D eigenvalue weighted by atomic mass is 16.6. The Morgan fingerprint density at radius 3 is 2.87 bits per heavy atom. The van der Waals surface area contributed by atoms with E-state index in [1.165, 1.54) is 6.07 Å². The molecule has 1 unspecified atom stereocenters. The van der Waals surface area contributed by atoms with Gasteiger partial charge in [0.1, 0.15) is 17.6 Å². The maximum Gasteiger partial charge on any atom is 0.320 e. The van der Waals surface area contributed by atoms with Gasteiger partial charge in [0.25, 0.3) is 5.69 Å². The zero-order valence-electron chi connectivity index (χ0n) is 12.3. The van der Waals surface area contributed by atoms with Gasteiger partial charge in [0.2, 0.25) is 0 Å². The zero-order valence-corrected chi connectivity index (χ0v) is 12.3. The third-order valence-electron chi connectivity index (χ3n) is 4.04. The molecule has 120 valence electrons. The van der Waals surface area contributed by atoms with Gasteiger partial charge < -0.3 is 9.52 Å². The second-order valence-electron chi connectivity index (χ2n) is 5.51. The minimum Gasteiger partial charge on any atom is -0.480 e. The Bertz CT molecular complexity index is 740. The number of carbonyl (C=O) groups is 1. The van der Waals surface area contributed by atoms with E-state index in [0.29, 0.717) is 36.6 Å². The van der Waals surface area contributed by atoms with Crippen LogP contribution in [0.1, 0.15) is 18.6 Å². The number of furan rings is 1. The van der Waals surface area contributed by atoms with Crippen molar-refractivity contribution in [3.63, 3.8) is 0 Å². The molecule has 1 aromatic heterocycles. The highest BCUT2D eigenvalue weighted by Crippen LogP contribution is 2.31. The van der Waals surface area contributed by atoms with E-state index in [4.69, 9.17) is 4.42 Å². The highest BCUT2D eigenvalue weighted by molar-refractivity contribution is 5.73. The van der Waals surface area contributed by atoms with Crippen molar-refractivity contribution in [1.29, 1.82) is 0 Å². The van der Waals surface area contributed by atoms with Crippen molar-refractivity contribution in [3.05, 3.63) is 52.3 Å². The second kappa shape index (κ2) is 6.21. The van der Waals surface area contributed by atoms with Crippen LogP contribution in [0.2, 0.25) is 0 Å². The van der Waals surface area contributed by atoms with E-state index in [1.807, 2.05) is 4.90 Å². The smallest absolute Gasteiger partial charge is 0.320 e. The van der Waals surface area contributed by atoms with Crippen LogP contribution in [0.3, 0.4) is 0 Å². The number of nitro groups is 1. The first kappa shape index (κ1) is 15.2. The fourth-order valence-corrected chi connectivity index (χ4v) is 2.94. The predicted molar refractivity (Wildman–Crippen MR) is 81.9 cm³/mol. The van der Waals surface area contributed by atoms with Crippen molar-refractivity contribution in [2.45, 2.75) is 25.4 Å². The SMILES string of the molecule is O=C(O)C1CCCN1Cc1ccc(-c2ccccc2[N+](=O)[O-])o1. The average molecular weight is 316 g/mol. The number of aliphatic carboxylic acids is 1. The number of carboxylic acid groups (broad SMARTS) is 1. The van der Waals surface area contributed by atoms with Gasteiger partial charge in [-0.3, -0.25) is 19.8 Å². The monoisotopic (exact) mass is 316 g/mol. The summed E-state index contributed by atoms with van der Waals surface area (Å²) in [6.45, 7) is 1.09. The van der Waals surface area contributed by atoms with Gasteiger partial charge in [0.05, 0.1) is 17.0 Å². The third kappa shape index (κ3) is 3.09. The Kier molecular flexibility index (Phi) is 4.12. The quantitative estimate of drug-likeness (QED) is 0.673. The molecule has 0 saturated carbocycles. The summed E-state index contributed by atoms with van der Waals surface area (Å²) < 4.78 is 5.71. The van der Waals surface area contributed by atoms with Crippen molar-refractivity contribution in [3.8, 4) is 11.3 Å². The van der Waals surface area contributed by atoms with E-state index in [2.05, 4.69) is 0 Å². The topological polar surface area (TPSA) is 96.8 Å². The molecule has 1 fully saturated rings. The number of likely N-dealkylation sites (tertiary alicyclic amines) is 1. The van der Waals surface area contributed by atoms with Gasteiger partial charge >= 0.3 is 5.97 Å². The number of benzene rings is 1. The summed E-state index contributed by atoms with van der Waals surface area (Å²) in [6, 6.07) is 9.31. The maximum absolute atomic E-state index is 11.2. The second-order valence-corrected chi connectivity index (χ2v) is 5.51. The molecule has 0 spiro atoms. The van der Waals surface area contributed by atoms with Gasteiger partial charge in [-0.2, -0.15) is 0 Å². The summed E-state index contributed by atoms with van der Waals surface area (Å²) in [5.74, 6) is 0.192. The Hall–Kier alpha value is -2.67. The molecule has 0 aliphatic carbocycles. The number of nitrogens with zero attached hydrogens (tertiary/aromatic N) is 2. The molecule has 2 heterocycles. The van der Waals surface area contributed by atoms with E-state index >= 15 is 0 Å². The zero-order chi connectivity index (χ0) is 16.4. The van der Waals surface area contributed by atoms with Crippen LogP contribution in [0.15, 0.2) is 40.8 Å². The van der Waals surface area contributed by atoms with Gasteiger partial charge in [-0.15, -0.1) is 0 Å². The van der Waals surface area contributed by atoms with Crippen LogP contribution in [0.4, 0.5) is 5.69 Å². The van der Waals surface area contributed by atoms with Crippen LogP contribution >= 0.6 is 0 Å². The molecule has 0 bridgehead atoms. The number of hydrogen-bond donors (Lipinski definition) is 1. The summed E-state index contributed by atoms with van der Waals surface area (Å²) in [6.07, 6.45) is 1.47. The minimum atomic E-state index is -0.826. The van der Waals surface area contributed by atoms with Crippen molar-refractivity contribution in [1.82, 2.24) is 4.90 Å². The Morgan fingerprint density at radius 1 is 1.35 bits per heavy atom. The Balaban J connectivity index is 1.82. The molecule has 1 atom stereocenters. The van der Waals surface area contributed by atoms with Gasteiger partial charge in [-0.25, -0.2) is 0 Å². The lowest BCUT2D eigenvalue weighted by Gasteiger charge is -2.19. The normalized spacial score (nSPS) is 18.2. The average Bonchev–Trinajstić information content (AvgIpc) is 3.17. The van der Waals surface area contributed by atoms with Crippen molar-refractivity contribution < 1.29 is 19.2 Å². The van der Waals surface area contributed by atoms with Crippen LogP contribution in [0.5, 0.6) is 0 Å². The minimum absolute atomic E-state index is 0.0158. The molecule has 0 amide bonds. The molecule has 7 nitrogen and oxygen atoms in total. The molecule has 2 aromatic rings. The van der Waals surface area contributed by atoms with Crippen LogP contribution in [-0.2, 0) is 11.3 Å². The fraction of sp³-hybridized carbons (Fsp3) is 0.312. The van der Waals surface area contributed by atoms with E-state index in [-0.39, 0.29) is 5.69 Å². The van der Waals surface area contributed by atoms with Crippen LogP contribution < -0.4 is 0 Å². The van der Waals surface area contributed by atoms with Crippen LogP contribution in [-0.4, -0.2) is 33.5 Å². The van der Waals surface area contributed by atoms with Crippen molar-refractivity contribution in [2.75, 3.05) is 6.54 Å². The lowest BCUT2D eigenvalue weighted by molar-refractivity contribution is -0.384. The van der Waals surface area contributed by atoms with Crippen LogP contribution in [0, 0.1) is 10.1 Å². The summed E-state index contributed by atoms with van der Waals surface area (Å²) >= 11 is 0. The first-order valence-electron chi connectivity index (χ1n) is 7.35. The van der Waals surface area contributed by atoms with E-state index in [1.54, 1.807) is 30.3 Å². The molecule has 1 saturated heterocycles. The van der Waals surface area contributed by atoms with Gasteiger partial charge in [-0.1, -0.05) is 12.1 Å². The predicted octanol–water partition coefficient (Wildman–Crippen LogP) is 2.90. The molecular formula is C16H16N2O5. The fourth-order valence-electron chi connectivity index (χ4n) is 2.94. The van der Waals surface area contributed by atoms with Gasteiger partial charge in [0.15, 0.2) is 0 Å². The van der Waals surface area contributed by atoms with E-state index < -0.39 is 16.9 Å². The molecule has 1 N–H and O–H groups in total. The molecule has 23 heavy (non-hydrogen) atoms. The number of carboxylic acids is 1. The highest BCUT2D eigenvalue weighted by Gasteiger charge is 2.31. The summed E-state index contributed by atoms with van der Waals surface area (Å²) in [4.78, 5) is 23.7. The molecule has 1 aromatic carbocycles. The summed E-state index contributed by atoms with van der Waals surface area (Å²) in [7, 11) is 0. The lowest BCUT2D eigenvalue weighted by atomic mass is 10.1. The number of nitro benzene ring substituents is 1. The molecule has 0 radical (unpaired) electrons. The van der Waals surface area contributed by atoms with Crippen molar-refractivity contribution in [2.24, 2.45) is 0 Å². The molecule has 7 heteroatoms. The van der Waals surface area contributed by atoms with E-state index in [9.17, 15) is 20.0 Å². The number of hydrogen-bond acceptors (Lipinski definition) is 5. The largest absolute Gasteiger partial charge is 0.480 e. The van der Waals surface area contributed by atoms with Crippen LogP contribution in [0.25, 0.3) is 11.3 Å². The van der Waals surface area contributed by atoms with Crippen molar-refractivity contribution >= 4 is 11.7 Å². The Labute approximate surface area is 132 Å². The Morgan fingerprint density at radius 2 is 2.13 bits per heavy atom. The molecular weight excluding hydrogens is 300 g/mol. The standard InChI is InChI=1S/C16H16N2O5/c19-16(20)14-6-3-9-17(14)10-11-7-8-15(23-11)12-4-1-2-5-13(12)18(21)22/h1-2,4-5,7-8,14H,3,6,9-10H2,(H,19,20). The third-order valence-corrected chi connectivity index (χ3v) is 4.04. The first-order chi connectivity index (χ1) is 11.1. The number of rotatable bonds is 5. The van der Waals surface area contributed by atoms with Gasteiger partial charge in [-0.05, 0) is 37.6 Å². The lowest BCUT2D eigenvalue weighted by Crippen LogP contribution is -2.35. The summed E-state index contributed by atoms with van der Waals surface area (Å²) in [5.41, 5.74) is 0.401. The maximum atomic E-state index is 11.2.